The zero-order valence-electron chi connectivity index (χ0n) is 16.6. The number of rotatable bonds is 5. The highest BCUT2D eigenvalue weighted by Crippen LogP contribution is 2.35. The minimum atomic E-state index is -0.466. The Balaban J connectivity index is 1.62. The molecule has 0 bridgehead atoms. The first-order valence-corrected chi connectivity index (χ1v) is 10.7. The van der Waals surface area contributed by atoms with E-state index < -0.39 is 6.04 Å². The Hall–Kier alpha value is -3.13. The second-order valence-electron chi connectivity index (χ2n) is 7.28. The van der Waals surface area contributed by atoms with E-state index in [4.69, 9.17) is 4.99 Å². The average Bonchev–Trinajstić information content (AvgIpc) is 3.11. The van der Waals surface area contributed by atoms with Gasteiger partial charge in [-0.2, -0.15) is 0 Å². The number of amidine groups is 2. The van der Waals surface area contributed by atoms with Gasteiger partial charge in [0.2, 0.25) is 0 Å². The summed E-state index contributed by atoms with van der Waals surface area (Å²) >= 11 is 1.16. The van der Waals surface area contributed by atoms with Crippen LogP contribution in [-0.2, 0) is 4.79 Å². The van der Waals surface area contributed by atoms with E-state index in [9.17, 15) is 19.8 Å². The van der Waals surface area contributed by atoms with Crippen LogP contribution in [0.2, 0.25) is 0 Å². The molecule has 7 nitrogen and oxygen atoms in total. The average molecular weight is 423 g/mol. The van der Waals surface area contributed by atoms with Crippen molar-refractivity contribution in [3.05, 3.63) is 53.6 Å². The van der Waals surface area contributed by atoms with Crippen molar-refractivity contribution in [3.8, 4) is 11.5 Å². The summed E-state index contributed by atoms with van der Waals surface area (Å²) in [4.78, 5) is 36.6. The van der Waals surface area contributed by atoms with Crippen molar-refractivity contribution in [1.29, 1.82) is 0 Å². The number of carbonyl (C=O) groups is 2. The van der Waals surface area contributed by atoms with Crippen LogP contribution in [0.25, 0.3) is 0 Å². The van der Waals surface area contributed by atoms with Crippen LogP contribution in [0.4, 0.5) is 5.69 Å². The number of aliphatic imine (C=N–C) groups is 2. The van der Waals surface area contributed by atoms with Crippen molar-refractivity contribution in [2.75, 3.05) is 5.75 Å². The highest BCUT2D eigenvalue weighted by molar-refractivity contribution is 8.14. The number of Topliss-reactive ketones (excluding diaryl/α,β-unsaturated/α-hetero) is 1. The Labute approximate surface area is 178 Å². The fourth-order valence-electron chi connectivity index (χ4n) is 3.37. The minimum absolute atomic E-state index is 0.0241. The van der Waals surface area contributed by atoms with E-state index in [1.165, 1.54) is 23.1 Å². The summed E-state index contributed by atoms with van der Waals surface area (Å²) in [5, 5.41) is 19.5. The first kappa shape index (κ1) is 20.2. The molecule has 2 unspecified atom stereocenters. The molecule has 1 amide bonds. The number of carbonyl (C=O) groups excluding carboxylic acids is 2. The number of fused-ring (bicyclic) bond motifs is 3. The van der Waals surface area contributed by atoms with Gasteiger partial charge in [-0.15, -0.1) is 0 Å². The highest BCUT2D eigenvalue weighted by atomic mass is 32.2. The molecule has 0 saturated carbocycles. The first-order chi connectivity index (χ1) is 14.4. The van der Waals surface area contributed by atoms with Gasteiger partial charge in [0.15, 0.2) is 22.4 Å². The van der Waals surface area contributed by atoms with Crippen LogP contribution >= 0.6 is 11.8 Å². The first-order valence-electron chi connectivity index (χ1n) is 9.68. The van der Waals surface area contributed by atoms with Crippen molar-refractivity contribution in [3.63, 3.8) is 0 Å². The van der Waals surface area contributed by atoms with Gasteiger partial charge in [0, 0.05) is 11.1 Å². The van der Waals surface area contributed by atoms with E-state index in [0.29, 0.717) is 16.7 Å². The largest absolute Gasteiger partial charge is 0.504 e. The predicted molar refractivity (Wildman–Crippen MR) is 117 cm³/mol. The Kier molecular flexibility index (Phi) is 5.34. The number of thioether (sulfide) groups is 1. The summed E-state index contributed by atoms with van der Waals surface area (Å²) in [7, 11) is 0. The lowest BCUT2D eigenvalue weighted by Crippen LogP contribution is -2.42. The fraction of sp³-hybridized carbons (Fsp3) is 0.273. The summed E-state index contributed by atoms with van der Waals surface area (Å²) in [5.74, 6) is -0.322. The number of ketones is 1. The minimum Gasteiger partial charge on any atom is -0.504 e. The van der Waals surface area contributed by atoms with E-state index in [0.717, 1.165) is 23.7 Å². The number of phenols is 2. The number of phenolic OH excluding ortho intramolecular Hbond substituents is 2. The van der Waals surface area contributed by atoms with Crippen molar-refractivity contribution in [2.24, 2.45) is 15.9 Å². The van der Waals surface area contributed by atoms with Crippen LogP contribution in [0.3, 0.4) is 0 Å². The molecule has 0 spiro atoms. The zero-order valence-corrected chi connectivity index (χ0v) is 17.4. The van der Waals surface area contributed by atoms with Gasteiger partial charge in [0.1, 0.15) is 11.9 Å². The maximum atomic E-state index is 13.1. The highest BCUT2D eigenvalue weighted by Gasteiger charge is 2.43. The number of hydrogen-bond acceptors (Lipinski definition) is 7. The van der Waals surface area contributed by atoms with Crippen molar-refractivity contribution in [1.82, 2.24) is 4.90 Å². The fourth-order valence-corrected chi connectivity index (χ4v) is 4.27. The molecule has 2 atom stereocenters. The maximum absolute atomic E-state index is 13.1. The van der Waals surface area contributed by atoms with Crippen LogP contribution < -0.4 is 0 Å². The molecular formula is C22H21N3O4S. The Morgan fingerprint density at radius 3 is 2.70 bits per heavy atom. The van der Waals surface area contributed by atoms with E-state index in [-0.39, 0.29) is 40.4 Å². The lowest BCUT2D eigenvalue weighted by molar-refractivity contribution is -0.125. The standard InChI is InChI=1S/C22H21N3O4S/c1-3-12(2)19-21(29)25-20(24-19)14-6-4-5-7-15(14)23-22(25)30-11-18(28)13-8-9-16(26)17(27)10-13/h4-10,12,19,26-27H,3,11H2,1-2H3. The number of aromatic hydroxyl groups is 2. The third-order valence-electron chi connectivity index (χ3n) is 5.31. The van der Waals surface area contributed by atoms with Crippen LogP contribution in [-0.4, -0.2) is 49.6 Å². The van der Waals surface area contributed by atoms with Crippen LogP contribution in [0.5, 0.6) is 11.5 Å². The SMILES string of the molecule is CCC(C)C1N=C2c3ccccc3N=C(SCC(=O)c3ccc(O)c(O)c3)N2C1=O. The van der Waals surface area contributed by atoms with Gasteiger partial charge in [0.25, 0.3) is 5.91 Å². The summed E-state index contributed by atoms with van der Waals surface area (Å²) in [6, 6.07) is 11.0. The molecule has 2 N–H and O–H groups in total. The van der Waals surface area contributed by atoms with Gasteiger partial charge < -0.3 is 10.2 Å². The predicted octanol–water partition coefficient (Wildman–Crippen LogP) is 3.72. The number of hydrogen-bond donors (Lipinski definition) is 2. The van der Waals surface area contributed by atoms with Gasteiger partial charge in [-0.25, -0.2) is 9.89 Å². The molecule has 8 heteroatoms. The Morgan fingerprint density at radius 2 is 1.97 bits per heavy atom. The van der Waals surface area contributed by atoms with Gasteiger partial charge in [0.05, 0.1) is 11.4 Å². The number of amides is 1. The van der Waals surface area contributed by atoms with Gasteiger partial charge in [-0.1, -0.05) is 44.2 Å². The van der Waals surface area contributed by atoms with Gasteiger partial charge >= 0.3 is 0 Å². The van der Waals surface area contributed by atoms with Gasteiger partial charge in [-0.3, -0.25) is 14.6 Å². The molecular weight excluding hydrogens is 402 g/mol. The molecule has 4 rings (SSSR count). The van der Waals surface area contributed by atoms with E-state index in [1.807, 2.05) is 38.1 Å². The monoisotopic (exact) mass is 423 g/mol. The maximum Gasteiger partial charge on any atom is 0.259 e. The van der Waals surface area contributed by atoms with Gasteiger partial charge in [-0.05, 0) is 36.2 Å². The molecule has 0 fully saturated rings. The molecule has 2 aromatic carbocycles. The van der Waals surface area contributed by atoms with Crippen molar-refractivity contribution < 1.29 is 19.8 Å². The molecule has 2 aliphatic rings. The smallest absolute Gasteiger partial charge is 0.259 e. The molecule has 2 heterocycles. The second kappa shape index (κ2) is 7.95. The molecule has 0 aromatic heterocycles. The van der Waals surface area contributed by atoms with E-state index in [2.05, 4.69) is 4.99 Å². The quantitative estimate of drug-likeness (QED) is 0.564. The summed E-state index contributed by atoms with van der Waals surface area (Å²) < 4.78 is 0. The summed E-state index contributed by atoms with van der Waals surface area (Å²) in [6.07, 6.45) is 0.825. The molecule has 0 radical (unpaired) electrons. The van der Waals surface area contributed by atoms with E-state index in [1.54, 1.807) is 0 Å². The molecule has 2 aromatic rings. The van der Waals surface area contributed by atoms with Crippen LogP contribution in [0.15, 0.2) is 52.4 Å². The Morgan fingerprint density at radius 1 is 1.20 bits per heavy atom. The van der Waals surface area contributed by atoms with Crippen molar-refractivity contribution >= 4 is 40.1 Å². The molecule has 30 heavy (non-hydrogen) atoms. The lowest BCUT2D eigenvalue weighted by Gasteiger charge is -2.25. The topological polar surface area (TPSA) is 103 Å². The summed E-state index contributed by atoms with van der Waals surface area (Å²) in [5.41, 5.74) is 1.78. The lowest BCUT2D eigenvalue weighted by atomic mass is 10.00. The van der Waals surface area contributed by atoms with E-state index >= 15 is 0 Å². The van der Waals surface area contributed by atoms with Crippen molar-refractivity contribution in [2.45, 2.75) is 26.3 Å². The molecule has 0 saturated heterocycles. The Bertz CT molecular complexity index is 1100. The molecule has 2 aliphatic heterocycles. The number of benzene rings is 2. The van der Waals surface area contributed by atoms with Crippen LogP contribution in [0.1, 0.15) is 36.2 Å². The number of para-hydroxylation sites is 1. The normalized spacial score (nSPS) is 18.4. The third kappa shape index (κ3) is 3.47. The molecule has 0 aliphatic carbocycles. The number of nitrogens with zero attached hydrogens (tertiary/aromatic N) is 3. The molecule has 154 valence electrons. The third-order valence-corrected chi connectivity index (χ3v) is 6.25. The zero-order chi connectivity index (χ0) is 21.4. The summed E-state index contributed by atoms with van der Waals surface area (Å²) in [6.45, 7) is 4.03. The van der Waals surface area contributed by atoms with Crippen LogP contribution in [0, 0.1) is 5.92 Å². The second-order valence-corrected chi connectivity index (χ2v) is 8.23.